The zero-order chi connectivity index (χ0) is 40.9. The normalized spacial score (nSPS) is 18.5. The van der Waals surface area contributed by atoms with Gasteiger partial charge in [0.2, 0.25) is 11.8 Å². The first-order valence-corrected chi connectivity index (χ1v) is 20.1. The van der Waals surface area contributed by atoms with Gasteiger partial charge in [-0.3, -0.25) is 39.5 Å². The average Bonchev–Trinajstić information content (AvgIpc) is 3.96. The summed E-state index contributed by atoms with van der Waals surface area (Å²) in [7, 11) is 0. The number of phenolic OH excluding ortho intramolecular Hbond substituents is 1. The molecule has 1 aromatic heterocycles. The Labute approximate surface area is 340 Å². The quantitative estimate of drug-likeness (QED) is 0.170. The van der Waals surface area contributed by atoms with Gasteiger partial charge >= 0.3 is 0 Å². The van der Waals surface area contributed by atoms with Crippen molar-refractivity contribution in [1.82, 2.24) is 25.0 Å². The molecule has 0 saturated carbocycles. The fourth-order valence-corrected chi connectivity index (χ4v) is 8.94. The molecule has 59 heavy (non-hydrogen) atoms. The van der Waals surface area contributed by atoms with Crippen LogP contribution in [0.4, 0.5) is 19.6 Å². The average molecular weight is 818 g/mol. The highest BCUT2D eigenvalue weighted by molar-refractivity contribution is 7.13. The molecule has 2 fully saturated rings. The Bertz CT molecular complexity index is 2530. The van der Waals surface area contributed by atoms with Crippen LogP contribution in [-0.2, 0) is 34.0 Å². The van der Waals surface area contributed by atoms with Crippen LogP contribution in [0.3, 0.4) is 0 Å². The van der Waals surface area contributed by atoms with Crippen LogP contribution in [0.5, 0.6) is 5.75 Å². The van der Waals surface area contributed by atoms with Gasteiger partial charge in [0.05, 0.1) is 6.54 Å². The first-order chi connectivity index (χ1) is 28.5. The molecule has 5 amide bonds. The lowest BCUT2D eigenvalue weighted by Crippen LogP contribution is -2.52. The lowest BCUT2D eigenvalue weighted by Gasteiger charge is -2.36. The van der Waals surface area contributed by atoms with Crippen molar-refractivity contribution in [3.63, 3.8) is 0 Å². The Morgan fingerprint density at radius 2 is 1.68 bits per heavy atom. The predicted molar refractivity (Wildman–Crippen MR) is 213 cm³/mol. The van der Waals surface area contributed by atoms with E-state index in [0.717, 1.165) is 35.0 Å². The third kappa shape index (κ3) is 7.18. The second kappa shape index (κ2) is 15.3. The summed E-state index contributed by atoms with van der Waals surface area (Å²) < 4.78 is 30.2. The van der Waals surface area contributed by atoms with Gasteiger partial charge < -0.3 is 19.8 Å². The number of thiazole rings is 1. The number of piperidine rings is 1. The summed E-state index contributed by atoms with van der Waals surface area (Å²) in [6.45, 7) is 3.20. The van der Waals surface area contributed by atoms with Gasteiger partial charge in [0.1, 0.15) is 29.5 Å². The molecular weight excluding hydrogens is 781 g/mol. The monoisotopic (exact) mass is 817 g/mol. The van der Waals surface area contributed by atoms with Crippen LogP contribution < -0.4 is 15.5 Å². The third-order valence-corrected chi connectivity index (χ3v) is 12.2. The number of hydrogen-bond acceptors (Lipinski definition) is 10. The number of aromatic nitrogens is 1. The van der Waals surface area contributed by atoms with Gasteiger partial charge in [-0.05, 0) is 65.6 Å². The van der Waals surface area contributed by atoms with E-state index in [-0.39, 0.29) is 54.3 Å². The zero-order valence-corrected chi connectivity index (χ0v) is 32.3. The molecule has 3 N–H and O–H groups in total. The number of imide groups is 1. The number of phenols is 1. The van der Waals surface area contributed by atoms with Gasteiger partial charge in [-0.25, -0.2) is 13.8 Å². The minimum atomic E-state index is -1.33. The summed E-state index contributed by atoms with van der Waals surface area (Å²) in [6, 6.07) is 18.0. The van der Waals surface area contributed by atoms with Crippen molar-refractivity contribution in [3.05, 3.63) is 129 Å². The largest absolute Gasteiger partial charge is 0.508 e. The minimum absolute atomic E-state index is 0.0142. The number of halogens is 2. The van der Waals surface area contributed by atoms with E-state index in [1.165, 1.54) is 27.3 Å². The molecule has 2 unspecified atom stereocenters. The fraction of sp³-hybridized carbons (Fsp3) is 0.256. The highest BCUT2D eigenvalue weighted by atomic mass is 32.1. The molecule has 0 spiro atoms. The van der Waals surface area contributed by atoms with Gasteiger partial charge in [-0.2, -0.15) is 0 Å². The number of hydrogen-bond donors (Lipinski definition) is 3. The predicted octanol–water partition coefficient (Wildman–Crippen LogP) is 5.21. The van der Waals surface area contributed by atoms with Crippen molar-refractivity contribution in [2.75, 3.05) is 36.4 Å². The smallest absolute Gasteiger partial charge is 0.255 e. The Hall–Kier alpha value is -6.52. The van der Waals surface area contributed by atoms with E-state index in [1.807, 2.05) is 36.4 Å². The maximum atomic E-state index is 15.8. The Morgan fingerprint density at radius 3 is 2.42 bits per heavy atom. The van der Waals surface area contributed by atoms with Crippen LogP contribution in [0.1, 0.15) is 61.9 Å². The molecule has 4 aliphatic rings. The zero-order valence-electron chi connectivity index (χ0n) is 31.5. The number of aromatic hydroxyl groups is 1. The summed E-state index contributed by atoms with van der Waals surface area (Å²) in [4.78, 5) is 75.9. The van der Waals surface area contributed by atoms with Crippen molar-refractivity contribution >= 4 is 51.7 Å². The fourth-order valence-electron chi connectivity index (χ4n) is 8.41. The van der Waals surface area contributed by atoms with Gasteiger partial charge in [0.25, 0.3) is 17.7 Å². The summed E-state index contributed by atoms with van der Waals surface area (Å²) in [5, 5.41) is 17.6. The van der Waals surface area contributed by atoms with Crippen LogP contribution in [0.15, 0.2) is 84.4 Å². The number of piperazine rings is 1. The van der Waals surface area contributed by atoms with Gasteiger partial charge in [-0.1, -0.05) is 30.3 Å². The minimum Gasteiger partial charge on any atom is -0.508 e. The number of carbonyl (C=O) groups is 5. The van der Waals surface area contributed by atoms with E-state index in [1.54, 1.807) is 23.6 Å². The Balaban J connectivity index is 0.844. The van der Waals surface area contributed by atoms with Crippen molar-refractivity contribution in [2.45, 2.75) is 44.6 Å². The lowest BCUT2D eigenvalue weighted by molar-refractivity contribution is -0.137. The molecule has 4 aromatic carbocycles. The van der Waals surface area contributed by atoms with Crippen LogP contribution in [-0.4, -0.2) is 86.5 Å². The van der Waals surface area contributed by atoms with Crippen LogP contribution in [0.2, 0.25) is 0 Å². The molecule has 5 heterocycles. The van der Waals surface area contributed by atoms with Crippen molar-refractivity contribution in [2.24, 2.45) is 0 Å². The molecule has 16 heteroatoms. The molecule has 0 aliphatic carbocycles. The highest BCUT2D eigenvalue weighted by Gasteiger charge is 2.41. The van der Waals surface area contributed by atoms with Crippen LogP contribution in [0.25, 0.3) is 11.1 Å². The molecular formula is C43H37F2N7O6S. The SMILES string of the molecule is O=C1CCC(N2Cc3c(ccc(CN4CCN(c5ccc(-c6ccc7c(c6)C(=O)N(C(C(=O)Nc6nccs6)c6cc(F)ccc6O)C7)cc5)CC4)c3F)C2=O)C(=O)N1. The van der Waals surface area contributed by atoms with Gasteiger partial charge in [-0.15, -0.1) is 11.3 Å². The number of amides is 5. The Morgan fingerprint density at radius 1 is 0.898 bits per heavy atom. The van der Waals surface area contributed by atoms with Gasteiger partial charge in [0, 0.05) is 90.8 Å². The third-order valence-electron chi connectivity index (χ3n) is 11.5. The molecule has 2 atom stereocenters. The number of nitrogens with zero attached hydrogens (tertiary/aromatic N) is 5. The molecule has 0 radical (unpaired) electrons. The molecule has 0 bridgehead atoms. The summed E-state index contributed by atoms with van der Waals surface area (Å²) in [6.07, 6.45) is 1.87. The van der Waals surface area contributed by atoms with E-state index in [0.29, 0.717) is 54.5 Å². The number of benzene rings is 4. The van der Waals surface area contributed by atoms with Gasteiger partial charge in [0.15, 0.2) is 5.13 Å². The number of rotatable bonds is 9. The van der Waals surface area contributed by atoms with Crippen LogP contribution >= 0.6 is 11.3 Å². The van der Waals surface area contributed by atoms with Crippen molar-refractivity contribution < 1.29 is 37.9 Å². The topological polar surface area (TPSA) is 155 Å². The maximum absolute atomic E-state index is 15.8. The summed E-state index contributed by atoms with van der Waals surface area (Å²) >= 11 is 1.19. The number of anilines is 2. The van der Waals surface area contributed by atoms with E-state index in [9.17, 15) is 33.5 Å². The Kier molecular flexibility index (Phi) is 9.89. The molecule has 300 valence electrons. The standard InChI is InChI=1S/C43H37F2N7O6S/c44-28-6-11-35(53)32(20-28)38(40(56)48-43-46-13-18-59-43)52-22-26-2-1-25(19-31(26)42(52)58)24-3-7-29(8-4-24)50-16-14-49(15-17-50)21-27-5-9-30-33(37(27)45)23-51(41(30)57)34-10-12-36(54)47-39(34)55/h1-9,11,13,18-20,34,38,53H,10,12,14-17,21-23H2,(H,46,48,56)(H,47,54,55). The molecule has 2 saturated heterocycles. The number of fused-ring (bicyclic) bond motifs is 2. The molecule has 5 aromatic rings. The first kappa shape index (κ1) is 38.0. The van der Waals surface area contributed by atoms with Crippen LogP contribution in [0, 0.1) is 11.6 Å². The van der Waals surface area contributed by atoms with Crippen molar-refractivity contribution in [3.8, 4) is 16.9 Å². The maximum Gasteiger partial charge on any atom is 0.255 e. The van der Waals surface area contributed by atoms with Crippen molar-refractivity contribution in [1.29, 1.82) is 0 Å². The summed E-state index contributed by atoms with van der Waals surface area (Å²) in [5.74, 6) is -3.78. The molecule has 4 aliphatic heterocycles. The summed E-state index contributed by atoms with van der Waals surface area (Å²) in [5.41, 5.74) is 4.76. The lowest BCUT2D eigenvalue weighted by atomic mass is 10.00. The van der Waals surface area contributed by atoms with E-state index < -0.39 is 47.3 Å². The first-order valence-electron chi connectivity index (χ1n) is 19.2. The van der Waals surface area contributed by atoms with E-state index >= 15 is 4.39 Å². The van der Waals surface area contributed by atoms with E-state index in [2.05, 4.69) is 25.4 Å². The highest BCUT2D eigenvalue weighted by Crippen LogP contribution is 2.38. The molecule has 9 rings (SSSR count). The molecule has 13 nitrogen and oxygen atoms in total. The second-order valence-corrected chi connectivity index (χ2v) is 15.9. The van der Waals surface area contributed by atoms with E-state index in [4.69, 9.17) is 0 Å². The number of carbonyl (C=O) groups excluding carboxylic acids is 5. The number of nitrogens with one attached hydrogen (secondary N) is 2. The second-order valence-electron chi connectivity index (χ2n) is 15.0.